The smallest absolute Gasteiger partial charge is 0.257 e. The van der Waals surface area contributed by atoms with Gasteiger partial charge in [0.15, 0.2) is 6.61 Å². The molecule has 1 amide bonds. The summed E-state index contributed by atoms with van der Waals surface area (Å²) in [5, 5.41) is 12.7. The Labute approximate surface area is 161 Å². The Morgan fingerprint density at radius 2 is 2.04 bits per heavy atom. The van der Waals surface area contributed by atoms with Crippen molar-refractivity contribution in [1.29, 1.82) is 5.26 Å². The second kappa shape index (κ2) is 10.2. The van der Waals surface area contributed by atoms with Crippen LogP contribution in [0, 0.1) is 11.3 Å². The normalized spacial score (nSPS) is 10.1. The number of halogens is 2. The molecule has 0 spiro atoms. The molecule has 2 rings (SSSR count). The summed E-state index contributed by atoms with van der Waals surface area (Å²) < 4.78 is 5.36. The van der Waals surface area contributed by atoms with Crippen LogP contribution in [-0.2, 0) is 10.5 Å². The molecule has 2 aromatic rings. The molecule has 4 nitrogen and oxygen atoms in total. The summed E-state index contributed by atoms with van der Waals surface area (Å²) in [6.07, 6.45) is 0. The number of rotatable bonds is 8. The molecule has 1 N–H and O–H groups in total. The minimum absolute atomic E-state index is 0.108. The zero-order valence-corrected chi connectivity index (χ0v) is 15.6. The van der Waals surface area contributed by atoms with Crippen LogP contribution in [-0.4, -0.2) is 24.8 Å². The molecule has 0 saturated carbocycles. The fraction of sp³-hybridized carbons (Fsp3) is 0.222. The molecule has 0 fully saturated rings. The zero-order valence-electron chi connectivity index (χ0n) is 13.3. The topological polar surface area (TPSA) is 62.1 Å². The van der Waals surface area contributed by atoms with E-state index in [0.717, 1.165) is 17.1 Å². The van der Waals surface area contributed by atoms with Crippen LogP contribution in [0.2, 0.25) is 10.0 Å². The van der Waals surface area contributed by atoms with Gasteiger partial charge in [0, 0.05) is 23.1 Å². The van der Waals surface area contributed by atoms with Crippen LogP contribution >= 0.6 is 35.0 Å². The van der Waals surface area contributed by atoms with Gasteiger partial charge in [0.2, 0.25) is 0 Å². The van der Waals surface area contributed by atoms with Gasteiger partial charge in [-0.25, -0.2) is 0 Å². The Bertz CT molecular complexity index is 778. The van der Waals surface area contributed by atoms with Crippen LogP contribution in [0.1, 0.15) is 11.1 Å². The molecule has 0 aromatic heterocycles. The SMILES string of the molecule is N#Cc1ccccc1CSCCNC(=O)COc1ccc(Cl)cc1Cl. The summed E-state index contributed by atoms with van der Waals surface area (Å²) in [6.45, 7) is 0.416. The van der Waals surface area contributed by atoms with Crippen LogP contribution in [0.5, 0.6) is 5.75 Å². The first kappa shape index (κ1) is 19.5. The van der Waals surface area contributed by atoms with Gasteiger partial charge in [-0.3, -0.25) is 4.79 Å². The second-order valence-corrected chi connectivity index (χ2v) is 6.98. The van der Waals surface area contributed by atoms with Gasteiger partial charge >= 0.3 is 0 Å². The van der Waals surface area contributed by atoms with E-state index in [2.05, 4.69) is 11.4 Å². The Hall–Kier alpha value is -1.87. The van der Waals surface area contributed by atoms with Crippen LogP contribution in [0.25, 0.3) is 0 Å². The number of nitrogens with one attached hydrogen (secondary N) is 1. The second-order valence-electron chi connectivity index (χ2n) is 5.03. The maximum atomic E-state index is 11.8. The number of hydrogen-bond acceptors (Lipinski definition) is 4. The van der Waals surface area contributed by atoms with Gasteiger partial charge in [-0.15, -0.1) is 0 Å². The summed E-state index contributed by atoms with van der Waals surface area (Å²) in [6, 6.07) is 14.5. The number of amides is 1. The third-order valence-electron chi connectivity index (χ3n) is 3.22. The van der Waals surface area contributed by atoms with Crippen molar-refractivity contribution in [2.24, 2.45) is 0 Å². The number of thioether (sulfide) groups is 1. The van der Waals surface area contributed by atoms with Gasteiger partial charge in [-0.1, -0.05) is 41.4 Å². The lowest BCUT2D eigenvalue weighted by Gasteiger charge is -2.09. The van der Waals surface area contributed by atoms with Crippen molar-refractivity contribution < 1.29 is 9.53 Å². The lowest BCUT2D eigenvalue weighted by Crippen LogP contribution is -2.30. The molecule has 25 heavy (non-hydrogen) atoms. The Balaban J connectivity index is 1.65. The first-order valence-corrected chi connectivity index (χ1v) is 9.41. The van der Waals surface area contributed by atoms with E-state index in [0.29, 0.717) is 27.9 Å². The monoisotopic (exact) mass is 394 g/mol. The first-order chi connectivity index (χ1) is 12.1. The standard InChI is InChI=1S/C18H16Cl2N2O2S/c19-15-5-6-17(16(20)9-15)24-11-18(23)22-7-8-25-12-14-4-2-1-3-13(14)10-21/h1-6,9H,7-8,11-12H2,(H,22,23). The fourth-order valence-corrected chi connectivity index (χ4v) is 3.31. The molecule has 0 radical (unpaired) electrons. The van der Waals surface area contributed by atoms with Crippen LogP contribution in [0.4, 0.5) is 0 Å². The predicted octanol–water partition coefficient (Wildman–Crippen LogP) is 4.29. The average molecular weight is 395 g/mol. The highest BCUT2D eigenvalue weighted by Crippen LogP contribution is 2.27. The third-order valence-corrected chi connectivity index (χ3v) is 4.76. The molecule has 0 aliphatic carbocycles. The highest BCUT2D eigenvalue weighted by molar-refractivity contribution is 7.98. The van der Waals surface area contributed by atoms with Crippen molar-refractivity contribution >= 4 is 40.9 Å². The summed E-state index contributed by atoms with van der Waals surface area (Å²) >= 11 is 13.4. The van der Waals surface area contributed by atoms with Crippen molar-refractivity contribution in [3.8, 4) is 11.8 Å². The average Bonchev–Trinajstić information content (AvgIpc) is 2.61. The molecule has 2 aromatic carbocycles. The number of hydrogen-bond donors (Lipinski definition) is 1. The van der Waals surface area contributed by atoms with Crippen molar-refractivity contribution in [1.82, 2.24) is 5.32 Å². The summed E-state index contributed by atoms with van der Waals surface area (Å²) in [4.78, 5) is 11.8. The molecule has 0 aliphatic heterocycles. The molecule has 0 unspecified atom stereocenters. The predicted molar refractivity (Wildman–Crippen MR) is 102 cm³/mol. The summed E-state index contributed by atoms with van der Waals surface area (Å²) in [7, 11) is 0. The van der Waals surface area contributed by atoms with Crippen molar-refractivity contribution in [3.05, 3.63) is 63.6 Å². The fourth-order valence-electron chi connectivity index (χ4n) is 1.99. The molecular weight excluding hydrogens is 379 g/mol. The summed E-state index contributed by atoms with van der Waals surface area (Å²) in [5.41, 5.74) is 1.69. The molecular formula is C18H16Cl2N2O2S. The van der Waals surface area contributed by atoms with Crippen LogP contribution in [0.15, 0.2) is 42.5 Å². The van der Waals surface area contributed by atoms with E-state index < -0.39 is 0 Å². The first-order valence-electron chi connectivity index (χ1n) is 7.50. The maximum Gasteiger partial charge on any atom is 0.257 e. The van der Waals surface area contributed by atoms with Gasteiger partial charge in [0.05, 0.1) is 16.7 Å². The van der Waals surface area contributed by atoms with Gasteiger partial charge in [-0.05, 0) is 29.8 Å². The van der Waals surface area contributed by atoms with Crippen LogP contribution < -0.4 is 10.1 Å². The van der Waals surface area contributed by atoms with Gasteiger partial charge in [0.1, 0.15) is 5.75 Å². The molecule has 130 valence electrons. The van der Waals surface area contributed by atoms with Crippen molar-refractivity contribution in [3.63, 3.8) is 0 Å². The number of carbonyl (C=O) groups excluding carboxylic acids is 1. The minimum Gasteiger partial charge on any atom is -0.482 e. The van der Waals surface area contributed by atoms with E-state index in [4.69, 9.17) is 33.2 Å². The maximum absolute atomic E-state index is 11.8. The van der Waals surface area contributed by atoms with Crippen molar-refractivity contribution in [2.75, 3.05) is 18.9 Å². The molecule has 7 heteroatoms. The van der Waals surface area contributed by atoms with E-state index in [9.17, 15) is 4.79 Å². The Morgan fingerprint density at radius 3 is 2.80 bits per heavy atom. The molecule has 0 aliphatic rings. The van der Waals surface area contributed by atoms with E-state index >= 15 is 0 Å². The van der Waals surface area contributed by atoms with E-state index in [1.807, 2.05) is 18.2 Å². The van der Waals surface area contributed by atoms with E-state index in [1.54, 1.807) is 36.0 Å². The van der Waals surface area contributed by atoms with Gasteiger partial charge in [0.25, 0.3) is 5.91 Å². The Kier molecular flexibility index (Phi) is 7.93. The Morgan fingerprint density at radius 1 is 1.24 bits per heavy atom. The highest BCUT2D eigenvalue weighted by atomic mass is 35.5. The van der Waals surface area contributed by atoms with E-state index in [1.165, 1.54) is 0 Å². The molecule has 0 saturated heterocycles. The van der Waals surface area contributed by atoms with Gasteiger partial charge in [-0.2, -0.15) is 17.0 Å². The minimum atomic E-state index is -0.218. The lowest BCUT2D eigenvalue weighted by molar-refractivity contribution is -0.122. The highest BCUT2D eigenvalue weighted by Gasteiger charge is 2.06. The summed E-state index contributed by atoms with van der Waals surface area (Å²) in [5.74, 6) is 1.68. The van der Waals surface area contributed by atoms with Gasteiger partial charge < -0.3 is 10.1 Å². The van der Waals surface area contributed by atoms with E-state index in [-0.39, 0.29) is 12.5 Å². The number of benzene rings is 2. The number of carbonyl (C=O) groups is 1. The van der Waals surface area contributed by atoms with Crippen LogP contribution in [0.3, 0.4) is 0 Å². The van der Waals surface area contributed by atoms with Crippen molar-refractivity contribution in [2.45, 2.75) is 5.75 Å². The quantitative estimate of drug-likeness (QED) is 0.678. The zero-order chi connectivity index (χ0) is 18.1. The molecule has 0 bridgehead atoms. The number of nitrogens with zero attached hydrogens (tertiary/aromatic N) is 1. The third kappa shape index (κ3) is 6.50. The lowest BCUT2D eigenvalue weighted by atomic mass is 10.1. The largest absolute Gasteiger partial charge is 0.482 e. The number of ether oxygens (including phenoxy) is 1. The molecule has 0 heterocycles. The number of nitriles is 1. The molecule has 0 atom stereocenters.